The number of rotatable bonds is 14. The van der Waals surface area contributed by atoms with Crippen molar-refractivity contribution >= 4 is 5.97 Å². The third kappa shape index (κ3) is 10.4. The van der Waals surface area contributed by atoms with Gasteiger partial charge in [0.2, 0.25) is 0 Å². The van der Waals surface area contributed by atoms with Crippen LogP contribution >= 0.6 is 0 Å². The molecule has 1 fully saturated rings. The van der Waals surface area contributed by atoms with E-state index in [1.54, 1.807) is 6.08 Å². The third-order valence-electron chi connectivity index (χ3n) is 5.63. The molecular weight excluding hydrogens is 368 g/mol. The van der Waals surface area contributed by atoms with Crippen LogP contribution in [0.5, 0.6) is 0 Å². The summed E-state index contributed by atoms with van der Waals surface area (Å²) in [5.74, 6) is -0.371. The fraction of sp³-hybridized carbons (Fsp3) is 0.792. The number of esters is 1. The minimum atomic E-state index is -0.557. The molecule has 168 valence electrons. The quantitative estimate of drug-likeness (QED) is 0.227. The molecule has 5 atom stereocenters. The number of carbonyl (C=O) groups excluding carboxylic acids is 1. The van der Waals surface area contributed by atoms with E-state index in [0.29, 0.717) is 19.4 Å². The number of unbranched alkanes of at least 4 members (excludes halogenated alkanes) is 4. The summed E-state index contributed by atoms with van der Waals surface area (Å²) in [6.07, 6.45) is 14.1. The Hall–Kier alpha value is -1.17. The van der Waals surface area contributed by atoms with E-state index in [4.69, 9.17) is 4.74 Å². The highest BCUT2D eigenvalue weighted by Crippen LogP contribution is 2.36. The molecule has 0 aromatic heterocycles. The molecule has 0 heterocycles. The second kappa shape index (κ2) is 14.8. The third-order valence-corrected chi connectivity index (χ3v) is 5.63. The highest BCUT2D eigenvalue weighted by Gasteiger charge is 2.39. The van der Waals surface area contributed by atoms with Crippen LogP contribution in [0.25, 0.3) is 0 Å². The Morgan fingerprint density at radius 2 is 1.86 bits per heavy atom. The van der Waals surface area contributed by atoms with Gasteiger partial charge in [-0.05, 0) is 38.0 Å². The molecule has 0 unspecified atom stereocenters. The van der Waals surface area contributed by atoms with E-state index in [-0.39, 0.29) is 23.7 Å². The van der Waals surface area contributed by atoms with Crippen molar-refractivity contribution in [2.24, 2.45) is 17.8 Å². The van der Waals surface area contributed by atoms with E-state index in [2.05, 4.69) is 19.1 Å². The molecule has 0 aliphatic heterocycles. The second-order valence-electron chi connectivity index (χ2n) is 8.58. The van der Waals surface area contributed by atoms with Crippen molar-refractivity contribution in [3.05, 3.63) is 24.3 Å². The number of hydrogen-bond donors (Lipinski definition) is 3. The summed E-state index contributed by atoms with van der Waals surface area (Å²) in [6, 6.07) is 0. The molecular formula is C24H42O5. The van der Waals surface area contributed by atoms with E-state index >= 15 is 0 Å². The van der Waals surface area contributed by atoms with Crippen molar-refractivity contribution in [1.82, 2.24) is 0 Å². The fourth-order valence-electron chi connectivity index (χ4n) is 3.74. The van der Waals surface area contributed by atoms with Gasteiger partial charge in [0.1, 0.15) is 0 Å². The molecule has 0 saturated heterocycles. The normalized spacial score (nSPS) is 26.0. The number of carbonyl (C=O) groups is 1. The lowest BCUT2D eigenvalue weighted by Gasteiger charge is -2.19. The molecule has 29 heavy (non-hydrogen) atoms. The number of hydrogen-bond acceptors (Lipinski definition) is 5. The monoisotopic (exact) mass is 410 g/mol. The van der Waals surface area contributed by atoms with E-state index in [9.17, 15) is 20.1 Å². The van der Waals surface area contributed by atoms with Gasteiger partial charge in [0.15, 0.2) is 0 Å². The van der Waals surface area contributed by atoms with Gasteiger partial charge in [-0.1, -0.05) is 64.3 Å². The number of ether oxygens (including phenoxy) is 1. The summed E-state index contributed by atoms with van der Waals surface area (Å²) in [4.78, 5) is 11.4. The van der Waals surface area contributed by atoms with E-state index in [0.717, 1.165) is 44.9 Å². The standard InChI is InChI=1S/C24H42O5/c1-4-5-9-12-19(25)14-15-21-20(22(26)17-23(21)27)13-10-7-6-8-11-16-29-24(28)18(2)3/h7,10,14-15,18-23,25-27H,4-6,8-9,11-13,16-17H2,1-3H3/b10-7-,15-14+/t19-,20+,21+,22-,23+/m0/s1. The number of aliphatic hydroxyl groups excluding tert-OH is 3. The Bertz CT molecular complexity index is 499. The van der Waals surface area contributed by atoms with Crippen LogP contribution in [-0.2, 0) is 9.53 Å². The summed E-state index contributed by atoms with van der Waals surface area (Å²) < 4.78 is 5.16. The van der Waals surface area contributed by atoms with E-state index in [1.807, 2.05) is 19.9 Å². The number of allylic oxidation sites excluding steroid dienone is 2. The largest absolute Gasteiger partial charge is 0.465 e. The van der Waals surface area contributed by atoms with Gasteiger partial charge in [0, 0.05) is 12.3 Å². The molecule has 1 aliphatic carbocycles. The lowest BCUT2D eigenvalue weighted by atomic mass is 9.89. The lowest BCUT2D eigenvalue weighted by molar-refractivity contribution is -0.147. The number of aliphatic hydroxyl groups is 3. The van der Waals surface area contributed by atoms with Crippen molar-refractivity contribution in [2.45, 2.75) is 96.9 Å². The van der Waals surface area contributed by atoms with Crippen molar-refractivity contribution in [3.63, 3.8) is 0 Å². The predicted molar refractivity (Wildman–Crippen MR) is 116 cm³/mol. The van der Waals surface area contributed by atoms with Crippen LogP contribution in [0.1, 0.15) is 78.6 Å². The van der Waals surface area contributed by atoms with Crippen LogP contribution in [0.4, 0.5) is 0 Å². The van der Waals surface area contributed by atoms with Crippen molar-refractivity contribution < 1.29 is 24.9 Å². The summed E-state index contributed by atoms with van der Waals surface area (Å²) in [5, 5.41) is 30.7. The first-order chi connectivity index (χ1) is 13.9. The lowest BCUT2D eigenvalue weighted by Crippen LogP contribution is -2.20. The van der Waals surface area contributed by atoms with Crippen LogP contribution in [0, 0.1) is 17.8 Å². The maximum absolute atomic E-state index is 11.4. The molecule has 0 aromatic carbocycles. The molecule has 0 radical (unpaired) electrons. The first-order valence-electron chi connectivity index (χ1n) is 11.4. The Morgan fingerprint density at radius 3 is 2.55 bits per heavy atom. The average molecular weight is 411 g/mol. The van der Waals surface area contributed by atoms with Gasteiger partial charge in [-0.3, -0.25) is 4.79 Å². The summed E-state index contributed by atoms with van der Waals surface area (Å²) in [7, 11) is 0. The molecule has 5 nitrogen and oxygen atoms in total. The van der Waals surface area contributed by atoms with Crippen molar-refractivity contribution in [1.29, 1.82) is 0 Å². The maximum Gasteiger partial charge on any atom is 0.308 e. The molecule has 1 aliphatic rings. The zero-order valence-corrected chi connectivity index (χ0v) is 18.5. The van der Waals surface area contributed by atoms with Crippen LogP contribution in [0.15, 0.2) is 24.3 Å². The fourth-order valence-corrected chi connectivity index (χ4v) is 3.74. The maximum atomic E-state index is 11.4. The zero-order chi connectivity index (χ0) is 21.6. The molecule has 3 N–H and O–H groups in total. The topological polar surface area (TPSA) is 87.0 Å². The van der Waals surface area contributed by atoms with Crippen LogP contribution in [-0.4, -0.2) is 46.2 Å². The molecule has 0 aromatic rings. The van der Waals surface area contributed by atoms with Gasteiger partial charge in [-0.25, -0.2) is 0 Å². The molecule has 5 heteroatoms. The average Bonchev–Trinajstić information content (AvgIpc) is 2.94. The van der Waals surface area contributed by atoms with Crippen LogP contribution in [0.2, 0.25) is 0 Å². The van der Waals surface area contributed by atoms with Gasteiger partial charge in [-0.2, -0.15) is 0 Å². The van der Waals surface area contributed by atoms with Crippen LogP contribution in [0.3, 0.4) is 0 Å². The highest BCUT2D eigenvalue weighted by atomic mass is 16.5. The molecule has 0 amide bonds. The smallest absolute Gasteiger partial charge is 0.308 e. The molecule has 1 rings (SSSR count). The van der Waals surface area contributed by atoms with Gasteiger partial charge < -0.3 is 20.1 Å². The van der Waals surface area contributed by atoms with E-state index < -0.39 is 18.3 Å². The minimum Gasteiger partial charge on any atom is -0.465 e. The van der Waals surface area contributed by atoms with Gasteiger partial charge in [0.25, 0.3) is 0 Å². The molecule has 1 saturated carbocycles. The van der Waals surface area contributed by atoms with Crippen LogP contribution < -0.4 is 0 Å². The molecule has 0 spiro atoms. The highest BCUT2D eigenvalue weighted by molar-refractivity contribution is 5.71. The van der Waals surface area contributed by atoms with Gasteiger partial charge in [0.05, 0.1) is 30.8 Å². The summed E-state index contributed by atoms with van der Waals surface area (Å²) >= 11 is 0. The van der Waals surface area contributed by atoms with Crippen molar-refractivity contribution in [3.8, 4) is 0 Å². The minimum absolute atomic E-state index is 0.0210. The van der Waals surface area contributed by atoms with Crippen molar-refractivity contribution in [2.75, 3.05) is 6.61 Å². The molecule has 0 bridgehead atoms. The Morgan fingerprint density at radius 1 is 1.10 bits per heavy atom. The Labute approximate surface area is 176 Å². The van der Waals surface area contributed by atoms with E-state index in [1.165, 1.54) is 0 Å². The SMILES string of the molecule is CCCCC[C@H](O)/C=C/[C@@H]1[C@@H](C/C=C\CCCCOC(=O)C(C)C)[C@@H](O)C[C@H]1O. The zero-order valence-electron chi connectivity index (χ0n) is 18.5. The first kappa shape index (κ1) is 25.9. The van der Waals surface area contributed by atoms with Gasteiger partial charge in [-0.15, -0.1) is 0 Å². The second-order valence-corrected chi connectivity index (χ2v) is 8.58. The Kier molecular flexibility index (Phi) is 13.2. The summed E-state index contributed by atoms with van der Waals surface area (Å²) in [6.45, 7) is 6.26. The Balaban J connectivity index is 2.34. The van der Waals surface area contributed by atoms with Gasteiger partial charge >= 0.3 is 5.97 Å². The first-order valence-corrected chi connectivity index (χ1v) is 11.4. The summed E-state index contributed by atoms with van der Waals surface area (Å²) in [5.41, 5.74) is 0. The predicted octanol–water partition coefficient (Wildman–Crippen LogP) is 4.16.